The van der Waals surface area contributed by atoms with Crippen LogP contribution >= 0.6 is 0 Å². The van der Waals surface area contributed by atoms with Gasteiger partial charge in [0.25, 0.3) is 0 Å². The molecule has 0 saturated carbocycles. The van der Waals surface area contributed by atoms with Crippen molar-refractivity contribution in [1.29, 1.82) is 0 Å². The van der Waals surface area contributed by atoms with E-state index in [0.717, 1.165) is 12.8 Å². The minimum absolute atomic E-state index is 0.560. The third-order valence-electron chi connectivity index (χ3n) is 1.71. The molecule has 0 rings (SSSR count). The van der Waals surface area contributed by atoms with Gasteiger partial charge in [-0.1, -0.05) is 20.3 Å². The molecule has 0 amide bonds. The highest BCUT2D eigenvalue weighted by Crippen LogP contribution is 2.00. The molecule has 0 bridgehead atoms. The van der Waals surface area contributed by atoms with Crippen LogP contribution < -0.4 is 0 Å². The summed E-state index contributed by atoms with van der Waals surface area (Å²) in [4.78, 5) is 12.1. The van der Waals surface area contributed by atoms with E-state index in [-0.39, 0.29) is 0 Å². The van der Waals surface area contributed by atoms with Crippen molar-refractivity contribution in [3.05, 3.63) is 0 Å². The molecule has 0 fully saturated rings. The fraction of sp³-hybridized carbons (Fsp3) is 0.875. The van der Waals surface area contributed by atoms with Crippen LogP contribution in [0.15, 0.2) is 0 Å². The van der Waals surface area contributed by atoms with Gasteiger partial charge in [0.05, 0.1) is 6.54 Å². The summed E-state index contributed by atoms with van der Waals surface area (Å²) >= 11 is 0. The third-order valence-corrected chi connectivity index (χ3v) is 1.71. The Kier molecular flexibility index (Phi) is 5.22. The Balaban J connectivity index is 3.35. The molecule has 0 aromatic rings. The van der Waals surface area contributed by atoms with E-state index in [2.05, 4.69) is 13.8 Å². The van der Waals surface area contributed by atoms with E-state index in [1.54, 1.807) is 0 Å². The van der Waals surface area contributed by atoms with Crippen LogP contribution in [-0.2, 0) is 4.79 Å². The Bertz CT molecular complexity index is 93.3. The Morgan fingerprint density at radius 2 is 2.20 bits per heavy atom. The molecule has 0 aliphatic heterocycles. The number of carbonyl (C=O) groups is 1. The highest BCUT2D eigenvalue weighted by Gasteiger charge is 2.02. The summed E-state index contributed by atoms with van der Waals surface area (Å²) in [5.74, 6) is 0.699. The summed E-state index contributed by atoms with van der Waals surface area (Å²) in [6.07, 6.45) is 2.13. The smallest absolute Gasteiger partial charge is 0.133 e. The molecule has 2 nitrogen and oxygen atoms in total. The van der Waals surface area contributed by atoms with Gasteiger partial charge in [0.2, 0.25) is 0 Å². The number of carbonyl (C=O) groups excluding carboxylic acids is 1. The molecule has 2 heteroatoms. The molecule has 0 radical (unpaired) electrons. The zero-order valence-corrected chi connectivity index (χ0v) is 7.13. The standard InChI is InChI=1S/C8H17NO/c1-4-8(2)7-9(3)5-6-10/h6,8H,4-5,7H2,1-3H3. The van der Waals surface area contributed by atoms with Gasteiger partial charge in [-0.15, -0.1) is 0 Å². The number of hydrogen-bond acceptors (Lipinski definition) is 2. The maximum atomic E-state index is 10.0. The molecule has 0 aliphatic carbocycles. The minimum atomic E-state index is 0.560. The maximum absolute atomic E-state index is 10.0. The van der Waals surface area contributed by atoms with Gasteiger partial charge in [-0.25, -0.2) is 0 Å². The van der Waals surface area contributed by atoms with Crippen molar-refractivity contribution in [2.45, 2.75) is 20.3 Å². The maximum Gasteiger partial charge on any atom is 0.133 e. The van der Waals surface area contributed by atoms with Crippen molar-refractivity contribution in [3.63, 3.8) is 0 Å². The second-order valence-electron chi connectivity index (χ2n) is 2.90. The van der Waals surface area contributed by atoms with Crippen LogP contribution in [0.2, 0.25) is 0 Å². The van der Waals surface area contributed by atoms with Crippen LogP contribution in [0.25, 0.3) is 0 Å². The molecule has 0 heterocycles. The van der Waals surface area contributed by atoms with Gasteiger partial charge in [-0.2, -0.15) is 0 Å². The summed E-state index contributed by atoms with van der Waals surface area (Å²) in [7, 11) is 1.97. The first kappa shape index (κ1) is 9.63. The van der Waals surface area contributed by atoms with E-state index >= 15 is 0 Å². The molecule has 60 valence electrons. The average molecular weight is 143 g/mol. The number of hydrogen-bond donors (Lipinski definition) is 0. The van der Waals surface area contributed by atoms with E-state index in [4.69, 9.17) is 0 Å². The molecular formula is C8H17NO. The van der Waals surface area contributed by atoms with Gasteiger partial charge < -0.3 is 4.79 Å². The van der Waals surface area contributed by atoms with E-state index in [0.29, 0.717) is 12.5 Å². The summed E-state index contributed by atoms with van der Waals surface area (Å²) in [6.45, 7) is 5.94. The van der Waals surface area contributed by atoms with Crippen LogP contribution in [0.1, 0.15) is 20.3 Å². The molecule has 0 spiro atoms. The van der Waals surface area contributed by atoms with Crippen LogP contribution in [0, 0.1) is 5.92 Å². The fourth-order valence-electron chi connectivity index (χ4n) is 0.863. The SMILES string of the molecule is CCC(C)CN(C)CC=O. The normalized spacial score (nSPS) is 13.6. The summed E-state index contributed by atoms with van der Waals surface area (Å²) < 4.78 is 0. The number of rotatable bonds is 5. The zero-order chi connectivity index (χ0) is 7.98. The summed E-state index contributed by atoms with van der Waals surface area (Å²) in [5, 5.41) is 0. The van der Waals surface area contributed by atoms with Gasteiger partial charge in [-0.05, 0) is 13.0 Å². The minimum Gasteiger partial charge on any atom is -0.302 e. The molecule has 0 aromatic heterocycles. The van der Waals surface area contributed by atoms with Gasteiger partial charge in [-0.3, -0.25) is 4.90 Å². The predicted octanol–water partition coefficient (Wildman–Crippen LogP) is 1.16. The van der Waals surface area contributed by atoms with Crippen molar-refractivity contribution in [1.82, 2.24) is 4.90 Å². The summed E-state index contributed by atoms with van der Waals surface area (Å²) in [6, 6.07) is 0. The molecule has 0 aliphatic rings. The highest BCUT2D eigenvalue weighted by atomic mass is 16.1. The quantitative estimate of drug-likeness (QED) is 0.538. The van der Waals surface area contributed by atoms with Crippen molar-refractivity contribution in [2.24, 2.45) is 5.92 Å². The predicted molar refractivity (Wildman–Crippen MR) is 43.0 cm³/mol. The second-order valence-corrected chi connectivity index (χ2v) is 2.90. The average Bonchev–Trinajstić information content (AvgIpc) is 1.88. The van der Waals surface area contributed by atoms with Gasteiger partial charge in [0.1, 0.15) is 6.29 Å². The topological polar surface area (TPSA) is 20.3 Å². The van der Waals surface area contributed by atoms with Gasteiger partial charge >= 0.3 is 0 Å². The van der Waals surface area contributed by atoms with E-state index in [9.17, 15) is 4.79 Å². The Morgan fingerprint density at radius 1 is 1.60 bits per heavy atom. The molecule has 0 aromatic carbocycles. The van der Waals surface area contributed by atoms with Crippen LogP contribution in [0.4, 0.5) is 0 Å². The Hall–Kier alpha value is -0.370. The molecular weight excluding hydrogens is 126 g/mol. The van der Waals surface area contributed by atoms with Crippen molar-refractivity contribution in [3.8, 4) is 0 Å². The lowest BCUT2D eigenvalue weighted by molar-refractivity contribution is -0.108. The largest absolute Gasteiger partial charge is 0.302 e. The lowest BCUT2D eigenvalue weighted by Crippen LogP contribution is -2.25. The van der Waals surface area contributed by atoms with Crippen molar-refractivity contribution < 1.29 is 4.79 Å². The van der Waals surface area contributed by atoms with Crippen molar-refractivity contribution >= 4 is 6.29 Å². The summed E-state index contributed by atoms with van der Waals surface area (Å²) in [5.41, 5.74) is 0. The van der Waals surface area contributed by atoms with E-state index in [1.165, 1.54) is 6.42 Å². The van der Waals surface area contributed by atoms with Crippen LogP contribution in [-0.4, -0.2) is 31.3 Å². The third kappa shape index (κ3) is 4.50. The van der Waals surface area contributed by atoms with Crippen LogP contribution in [0.3, 0.4) is 0 Å². The lowest BCUT2D eigenvalue weighted by Gasteiger charge is -2.17. The number of likely N-dealkylation sites (N-methyl/N-ethyl adjacent to an activating group) is 1. The molecule has 1 atom stereocenters. The first-order valence-electron chi connectivity index (χ1n) is 3.82. The van der Waals surface area contributed by atoms with Gasteiger partial charge in [0, 0.05) is 6.54 Å². The van der Waals surface area contributed by atoms with Gasteiger partial charge in [0.15, 0.2) is 0 Å². The first-order valence-corrected chi connectivity index (χ1v) is 3.82. The molecule has 0 saturated heterocycles. The van der Waals surface area contributed by atoms with E-state index < -0.39 is 0 Å². The lowest BCUT2D eigenvalue weighted by atomic mass is 10.1. The number of aldehydes is 1. The molecule has 0 N–H and O–H groups in total. The van der Waals surface area contributed by atoms with Crippen molar-refractivity contribution in [2.75, 3.05) is 20.1 Å². The highest BCUT2D eigenvalue weighted by molar-refractivity contribution is 5.51. The van der Waals surface area contributed by atoms with E-state index in [1.807, 2.05) is 11.9 Å². The molecule has 10 heavy (non-hydrogen) atoms. The Morgan fingerprint density at radius 3 is 2.60 bits per heavy atom. The number of nitrogens with zero attached hydrogens (tertiary/aromatic N) is 1. The second kappa shape index (κ2) is 5.42. The van der Waals surface area contributed by atoms with Crippen LogP contribution in [0.5, 0.6) is 0 Å². The zero-order valence-electron chi connectivity index (χ0n) is 7.13. The monoisotopic (exact) mass is 143 g/mol. The fourth-order valence-corrected chi connectivity index (χ4v) is 0.863. The Labute approximate surface area is 63.2 Å². The first-order chi connectivity index (χ1) is 4.70. The molecule has 1 unspecified atom stereocenters.